The molecule has 2 unspecified atom stereocenters. The zero-order chi connectivity index (χ0) is 15.3. The monoisotopic (exact) mass is 286 g/mol. The number of carbonyl (C=O) groups excluding carboxylic acids is 1. The minimum absolute atomic E-state index is 0.0895. The smallest absolute Gasteiger partial charge is 0.326 e. The van der Waals surface area contributed by atoms with E-state index < -0.39 is 29.7 Å². The summed E-state index contributed by atoms with van der Waals surface area (Å²) < 4.78 is 25.9. The van der Waals surface area contributed by atoms with E-state index in [1.807, 2.05) is 0 Å². The van der Waals surface area contributed by atoms with Gasteiger partial charge < -0.3 is 15.7 Å². The van der Waals surface area contributed by atoms with Crippen LogP contribution in [0.4, 0.5) is 19.3 Å². The number of hydrogen-bond donors (Lipinski definition) is 3. The number of carbonyl (C=O) groups is 2. The van der Waals surface area contributed by atoms with Crippen LogP contribution in [0.15, 0.2) is 18.2 Å². The van der Waals surface area contributed by atoms with Crippen molar-refractivity contribution in [2.24, 2.45) is 5.92 Å². The molecule has 3 N–H and O–H groups in total. The minimum Gasteiger partial charge on any atom is -0.480 e. The molecule has 2 amide bonds. The van der Waals surface area contributed by atoms with Crippen molar-refractivity contribution in [1.82, 2.24) is 5.32 Å². The molecule has 0 heterocycles. The third-order valence-electron chi connectivity index (χ3n) is 2.89. The lowest BCUT2D eigenvalue weighted by Gasteiger charge is -2.20. The molecule has 0 aliphatic rings. The summed E-state index contributed by atoms with van der Waals surface area (Å²) in [5.41, 5.74) is -0.0895. The molecule has 1 aromatic carbocycles. The number of benzene rings is 1. The van der Waals surface area contributed by atoms with Crippen LogP contribution in [0.5, 0.6) is 0 Å². The largest absolute Gasteiger partial charge is 0.480 e. The van der Waals surface area contributed by atoms with Crippen LogP contribution in [-0.2, 0) is 4.79 Å². The van der Waals surface area contributed by atoms with Gasteiger partial charge in [0.2, 0.25) is 0 Å². The van der Waals surface area contributed by atoms with Crippen molar-refractivity contribution in [1.29, 1.82) is 0 Å². The third-order valence-corrected chi connectivity index (χ3v) is 2.89. The van der Waals surface area contributed by atoms with E-state index in [2.05, 4.69) is 10.6 Å². The number of amides is 2. The van der Waals surface area contributed by atoms with Gasteiger partial charge in [-0.25, -0.2) is 18.4 Å². The van der Waals surface area contributed by atoms with E-state index in [0.717, 1.165) is 12.1 Å². The average molecular weight is 286 g/mol. The van der Waals surface area contributed by atoms with Gasteiger partial charge in [-0.05, 0) is 18.1 Å². The second kappa shape index (κ2) is 6.83. The first-order chi connectivity index (χ1) is 9.33. The van der Waals surface area contributed by atoms with Crippen molar-refractivity contribution < 1.29 is 23.5 Å². The van der Waals surface area contributed by atoms with Gasteiger partial charge >= 0.3 is 12.0 Å². The standard InChI is InChI=1S/C13H16F2N2O3/c1-3-7(2)11(12(18)19)17-13(20)16-10-5-8(14)4-9(15)6-10/h4-7,11H,3H2,1-2H3,(H,18,19)(H2,16,17,20). The number of carboxylic acid groups (broad SMARTS) is 1. The summed E-state index contributed by atoms with van der Waals surface area (Å²) in [7, 11) is 0. The van der Waals surface area contributed by atoms with Crippen LogP contribution in [0, 0.1) is 17.6 Å². The second-order valence-electron chi connectivity index (χ2n) is 4.46. The van der Waals surface area contributed by atoms with Crippen LogP contribution in [0.3, 0.4) is 0 Å². The van der Waals surface area contributed by atoms with E-state index in [4.69, 9.17) is 5.11 Å². The van der Waals surface area contributed by atoms with Gasteiger partial charge in [0.15, 0.2) is 0 Å². The zero-order valence-electron chi connectivity index (χ0n) is 11.1. The number of urea groups is 1. The molecule has 0 radical (unpaired) electrons. The molecule has 0 aliphatic heterocycles. The fourth-order valence-corrected chi connectivity index (χ4v) is 1.62. The summed E-state index contributed by atoms with van der Waals surface area (Å²) in [5.74, 6) is -3.11. The van der Waals surface area contributed by atoms with Crippen molar-refractivity contribution >= 4 is 17.7 Å². The van der Waals surface area contributed by atoms with Gasteiger partial charge in [-0.2, -0.15) is 0 Å². The minimum atomic E-state index is -1.17. The Hall–Kier alpha value is -2.18. The summed E-state index contributed by atoms with van der Waals surface area (Å²) in [6.07, 6.45) is 0.561. The van der Waals surface area contributed by atoms with Gasteiger partial charge in [0.25, 0.3) is 0 Å². The molecular weight excluding hydrogens is 270 g/mol. The number of hydrogen-bond acceptors (Lipinski definition) is 2. The number of anilines is 1. The quantitative estimate of drug-likeness (QED) is 0.778. The van der Waals surface area contributed by atoms with Gasteiger partial charge in [0.1, 0.15) is 17.7 Å². The van der Waals surface area contributed by atoms with Crippen molar-refractivity contribution in [3.63, 3.8) is 0 Å². The van der Waals surface area contributed by atoms with Crippen molar-refractivity contribution in [3.05, 3.63) is 29.8 Å². The van der Waals surface area contributed by atoms with Gasteiger partial charge in [-0.1, -0.05) is 20.3 Å². The molecule has 0 fully saturated rings. The maximum absolute atomic E-state index is 12.9. The molecule has 0 saturated carbocycles. The first kappa shape index (κ1) is 15.9. The van der Waals surface area contributed by atoms with Crippen molar-refractivity contribution in [2.75, 3.05) is 5.32 Å². The molecule has 0 aromatic heterocycles. The van der Waals surface area contributed by atoms with Crippen LogP contribution in [0.25, 0.3) is 0 Å². The highest BCUT2D eigenvalue weighted by molar-refractivity contribution is 5.92. The third kappa shape index (κ3) is 4.49. The molecule has 1 rings (SSSR count). The Balaban J connectivity index is 2.73. The molecule has 0 saturated heterocycles. The molecule has 20 heavy (non-hydrogen) atoms. The lowest BCUT2D eigenvalue weighted by Crippen LogP contribution is -2.46. The van der Waals surface area contributed by atoms with Gasteiger partial charge in [-0.3, -0.25) is 0 Å². The van der Waals surface area contributed by atoms with Crippen LogP contribution in [-0.4, -0.2) is 23.1 Å². The molecule has 7 heteroatoms. The first-order valence-electron chi connectivity index (χ1n) is 6.10. The molecule has 0 bridgehead atoms. The Morgan fingerprint density at radius 1 is 1.25 bits per heavy atom. The van der Waals surface area contributed by atoms with E-state index in [1.54, 1.807) is 13.8 Å². The molecule has 0 aliphatic carbocycles. The van der Waals surface area contributed by atoms with Crippen LogP contribution >= 0.6 is 0 Å². The molecule has 110 valence electrons. The summed E-state index contributed by atoms with van der Waals surface area (Å²) in [6, 6.07) is 0.632. The SMILES string of the molecule is CCC(C)C(NC(=O)Nc1cc(F)cc(F)c1)C(=O)O. The van der Waals surface area contributed by atoms with Crippen molar-refractivity contribution in [2.45, 2.75) is 26.3 Å². The molecule has 0 spiro atoms. The number of aliphatic carboxylic acids is 1. The predicted octanol–water partition coefficient (Wildman–Crippen LogP) is 2.59. The zero-order valence-corrected chi connectivity index (χ0v) is 11.1. The summed E-state index contributed by atoms with van der Waals surface area (Å²) in [6.45, 7) is 3.48. The Kier molecular flexibility index (Phi) is 5.42. The Morgan fingerprint density at radius 3 is 2.25 bits per heavy atom. The van der Waals surface area contributed by atoms with Gasteiger partial charge in [-0.15, -0.1) is 0 Å². The van der Waals surface area contributed by atoms with Gasteiger partial charge in [0, 0.05) is 11.8 Å². The maximum Gasteiger partial charge on any atom is 0.326 e. The molecule has 2 atom stereocenters. The van der Waals surface area contributed by atoms with Crippen molar-refractivity contribution in [3.8, 4) is 0 Å². The highest BCUT2D eigenvalue weighted by Gasteiger charge is 2.25. The highest BCUT2D eigenvalue weighted by atomic mass is 19.1. The van der Waals surface area contributed by atoms with E-state index in [9.17, 15) is 18.4 Å². The van der Waals surface area contributed by atoms with E-state index in [-0.39, 0.29) is 11.6 Å². The number of carboxylic acids is 1. The van der Waals surface area contributed by atoms with Crippen LogP contribution < -0.4 is 10.6 Å². The topological polar surface area (TPSA) is 78.4 Å². The Morgan fingerprint density at radius 2 is 1.80 bits per heavy atom. The lowest BCUT2D eigenvalue weighted by atomic mass is 9.99. The average Bonchev–Trinajstić information content (AvgIpc) is 2.33. The second-order valence-corrected chi connectivity index (χ2v) is 4.46. The molecule has 1 aromatic rings. The fraction of sp³-hybridized carbons (Fsp3) is 0.385. The number of halogens is 2. The first-order valence-corrected chi connectivity index (χ1v) is 6.10. The predicted molar refractivity (Wildman–Crippen MR) is 69.4 cm³/mol. The van der Waals surface area contributed by atoms with Gasteiger partial charge in [0.05, 0.1) is 0 Å². The highest BCUT2D eigenvalue weighted by Crippen LogP contribution is 2.13. The number of rotatable bonds is 5. The van der Waals surface area contributed by atoms with E-state index >= 15 is 0 Å². The van der Waals surface area contributed by atoms with E-state index in [0.29, 0.717) is 12.5 Å². The Bertz CT molecular complexity index is 488. The van der Waals surface area contributed by atoms with E-state index in [1.165, 1.54) is 0 Å². The lowest BCUT2D eigenvalue weighted by molar-refractivity contribution is -0.140. The summed E-state index contributed by atoms with van der Waals surface area (Å²) in [5, 5.41) is 13.5. The Labute approximate surface area is 115 Å². The van der Waals surface area contributed by atoms with Crippen LogP contribution in [0.1, 0.15) is 20.3 Å². The molecular formula is C13H16F2N2O3. The summed E-state index contributed by atoms with van der Waals surface area (Å²) in [4.78, 5) is 22.7. The fourth-order valence-electron chi connectivity index (χ4n) is 1.62. The maximum atomic E-state index is 12.9. The number of nitrogens with one attached hydrogen (secondary N) is 2. The molecule has 5 nitrogen and oxygen atoms in total. The normalized spacial score (nSPS) is 13.4. The summed E-state index contributed by atoms with van der Waals surface area (Å²) >= 11 is 0. The van der Waals surface area contributed by atoms with Crippen LogP contribution in [0.2, 0.25) is 0 Å².